The predicted molar refractivity (Wildman–Crippen MR) is 67.9 cm³/mol. The van der Waals surface area contributed by atoms with Gasteiger partial charge in [0.25, 0.3) is 0 Å². The Hall–Kier alpha value is -2.19. The number of nitrogens with zero attached hydrogens (tertiary/aromatic N) is 1. The normalized spacial score (nSPS) is 14.8. The summed E-state index contributed by atoms with van der Waals surface area (Å²) < 4.78 is 13.3. The largest absolute Gasteiger partial charge is 0.397 e. The molecule has 0 spiro atoms. The van der Waals surface area contributed by atoms with E-state index < -0.39 is 5.82 Å². The van der Waals surface area contributed by atoms with Gasteiger partial charge in [-0.05, 0) is 30.7 Å². The van der Waals surface area contributed by atoms with Crippen molar-refractivity contribution in [3.8, 4) is 6.07 Å². The number of halogens is 1. The van der Waals surface area contributed by atoms with Crippen LogP contribution in [0.5, 0.6) is 0 Å². The van der Waals surface area contributed by atoms with Crippen LogP contribution < -0.4 is 11.1 Å². The molecular weight excluding hydrogens is 231 g/mol. The molecule has 0 amide bonds. The van der Waals surface area contributed by atoms with E-state index in [0.717, 1.165) is 18.5 Å². The fraction of sp³-hybridized carbons (Fsp3) is 0.231. The van der Waals surface area contributed by atoms with Crippen molar-refractivity contribution in [2.75, 3.05) is 18.8 Å². The lowest BCUT2D eigenvalue weighted by atomic mass is 9.96. The summed E-state index contributed by atoms with van der Waals surface area (Å²) in [5.41, 5.74) is 7.07. The van der Waals surface area contributed by atoms with Crippen LogP contribution in [0.15, 0.2) is 23.8 Å². The first-order chi connectivity index (χ1) is 8.65. The molecule has 1 aliphatic rings. The number of benzene rings is 1. The molecule has 0 aromatic heterocycles. The van der Waals surface area contributed by atoms with Gasteiger partial charge in [-0.15, -0.1) is 0 Å². The van der Waals surface area contributed by atoms with Crippen molar-refractivity contribution in [3.05, 3.63) is 40.7 Å². The third-order valence-electron chi connectivity index (χ3n) is 2.92. The highest BCUT2D eigenvalue weighted by atomic mass is 19.1. The average Bonchev–Trinajstić information content (AvgIpc) is 2.40. The number of nitrogens with two attached hydrogens (primary N) is 1. The minimum absolute atomic E-state index is 0.0361. The summed E-state index contributed by atoms with van der Waals surface area (Å²) in [6.07, 6.45) is 2.82. The highest BCUT2D eigenvalue weighted by molar-refractivity contribution is 6.14. The number of hydrogen-bond acceptors (Lipinski definition) is 4. The van der Waals surface area contributed by atoms with Crippen molar-refractivity contribution < 1.29 is 4.39 Å². The average molecular weight is 244 g/mol. The Morgan fingerprint density at radius 2 is 2.28 bits per heavy atom. The standard InChI is InChI=1S/C13H13FN4/c14-11-4-3-9(13(17)10(11)6-15)12(16)8-2-1-5-18-7-8/h2-4,16,18H,1,5,7,17H2. The van der Waals surface area contributed by atoms with Crippen molar-refractivity contribution in [3.63, 3.8) is 0 Å². The molecule has 2 rings (SSSR count). The van der Waals surface area contributed by atoms with Gasteiger partial charge in [0, 0.05) is 12.1 Å². The first-order valence-corrected chi connectivity index (χ1v) is 5.62. The van der Waals surface area contributed by atoms with Crippen molar-refractivity contribution in [1.82, 2.24) is 5.32 Å². The summed E-state index contributed by atoms with van der Waals surface area (Å²) in [4.78, 5) is 0. The van der Waals surface area contributed by atoms with Gasteiger partial charge in [-0.3, -0.25) is 5.41 Å². The van der Waals surface area contributed by atoms with E-state index in [2.05, 4.69) is 5.32 Å². The van der Waals surface area contributed by atoms with E-state index >= 15 is 0 Å². The van der Waals surface area contributed by atoms with Crippen LogP contribution in [0, 0.1) is 22.6 Å². The van der Waals surface area contributed by atoms with Gasteiger partial charge in [-0.25, -0.2) is 4.39 Å². The maximum Gasteiger partial charge on any atom is 0.143 e. The van der Waals surface area contributed by atoms with E-state index in [9.17, 15) is 4.39 Å². The number of rotatable bonds is 2. The fourth-order valence-electron chi connectivity index (χ4n) is 1.93. The molecule has 0 aliphatic carbocycles. The minimum atomic E-state index is -0.651. The quantitative estimate of drug-likeness (QED) is 0.545. The van der Waals surface area contributed by atoms with Gasteiger partial charge in [-0.2, -0.15) is 5.26 Å². The van der Waals surface area contributed by atoms with E-state index in [4.69, 9.17) is 16.4 Å². The highest BCUT2D eigenvalue weighted by Gasteiger charge is 2.17. The molecule has 0 saturated heterocycles. The van der Waals surface area contributed by atoms with Crippen LogP contribution in [-0.4, -0.2) is 18.8 Å². The minimum Gasteiger partial charge on any atom is -0.397 e. The van der Waals surface area contributed by atoms with E-state index in [-0.39, 0.29) is 17.0 Å². The number of nitrogen functional groups attached to an aromatic ring is 1. The summed E-state index contributed by atoms with van der Waals surface area (Å²) >= 11 is 0. The molecule has 1 heterocycles. The highest BCUT2D eigenvalue weighted by Crippen LogP contribution is 2.23. The molecule has 92 valence electrons. The summed E-state index contributed by atoms with van der Waals surface area (Å²) in [7, 11) is 0. The number of nitriles is 1. The summed E-state index contributed by atoms with van der Waals surface area (Å²) in [6, 6.07) is 4.35. The first kappa shape index (κ1) is 12.3. The molecule has 0 atom stereocenters. The molecular formula is C13H13FN4. The second-order valence-corrected chi connectivity index (χ2v) is 4.07. The van der Waals surface area contributed by atoms with Gasteiger partial charge >= 0.3 is 0 Å². The Morgan fingerprint density at radius 1 is 1.50 bits per heavy atom. The molecule has 0 fully saturated rings. The summed E-state index contributed by atoms with van der Waals surface area (Å²) in [6.45, 7) is 1.48. The van der Waals surface area contributed by atoms with Crippen LogP contribution >= 0.6 is 0 Å². The third kappa shape index (κ3) is 2.11. The molecule has 4 N–H and O–H groups in total. The maximum atomic E-state index is 13.3. The Labute approximate surface area is 104 Å². The van der Waals surface area contributed by atoms with Crippen LogP contribution in [0.1, 0.15) is 17.5 Å². The zero-order valence-electron chi connectivity index (χ0n) is 9.76. The molecule has 0 radical (unpaired) electrons. The van der Waals surface area contributed by atoms with Gasteiger partial charge in [0.15, 0.2) is 0 Å². The molecule has 18 heavy (non-hydrogen) atoms. The number of hydrogen-bond donors (Lipinski definition) is 3. The van der Waals surface area contributed by atoms with Gasteiger partial charge in [0.05, 0.1) is 11.4 Å². The molecule has 5 heteroatoms. The SMILES string of the molecule is N#Cc1c(F)ccc(C(=N)C2=CCCNC2)c1N. The zero-order chi connectivity index (χ0) is 13.1. The van der Waals surface area contributed by atoms with Crippen molar-refractivity contribution >= 4 is 11.4 Å². The molecule has 1 aromatic rings. The Balaban J connectivity index is 2.43. The fourth-order valence-corrected chi connectivity index (χ4v) is 1.93. The number of anilines is 1. The monoisotopic (exact) mass is 244 g/mol. The van der Waals surface area contributed by atoms with E-state index in [1.54, 1.807) is 6.07 Å². The van der Waals surface area contributed by atoms with E-state index in [1.807, 2.05) is 6.08 Å². The summed E-state index contributed by atoms with van der Waals surface area (Å²) in [5, 5.41) is 20.1. The first-order valence-electron chi connectivity index (χ1n) is 5.62. The van der Waals surface area contributed by atoms with Gasteiger partial charge < -0.3 is 11.1 Å². The maximum absolute atomic E-state index is 13.3. The number of nitrogens with one attached hydrogen (secondary N) is 2. The van der Waals surface area contributed by atoms with Crippen LogP contribution in [-0.2, 0) is 0 Å². The third-order valence-corrected chi connectivity index (χ3v) is 2.92. The van der Waals surface area contributed by atoms with Crippen LogP contribution in [0.4, 0.5) is 10.1 Å². The molecule has 1 aliphatic heterocycles. The van der Waals surface area contributed by atoms with E-state index in [0.29, 0.717) is 12.1 Å². The molecule has 4 nitrogen and oxygen atoms in total. The van der Waals surface area contributed by atoms with Crippen molar-refractivity contribution in [1.29, 1.82) is 10.7 Å². The molecule has 0 bridgehead atoms. The lowest BCUT2D eigenvalue weighted by molar-refractivity contribution is 0.624. The molecule has 1 aromatic carbocycles. The van der Waals surface area contributed by atoms with Crippen LogP contribution in [0.2, 0.25) is 0 Å². The molecule has 0 unspecified atom stereocenters. The summed E-state index contributed by atoms with van der Waals surface area (Å²) in [5.74, 6) is -0.651. The van der Waals surface area contributed by atoms with Crippen LogP contribution in [0.3, 0.4) is 0 Å². The topological polar surface area (TPSA) is 85.7 Å². The van der Waals surface area contributed by atoms with Gasteiger partial charge in [-0.1, -0.05) is 6.08 Å². The van der Waals surface area contributed by atoms with Crippen molar-refractivity contribution in [2.24, 2.45) is 0 Å². The van der Waals surface area contributed by atoms with E-state index in [1.165, 1.54) is 12.1 Å². The Morgan fingerprint density at radius 3 is 2.89 bits per heavy atom. The Bertz CT molecular complexity index is 569. The van der Waals surface area contributed by atoms with Gasteiger partial charge in [0.2, 0.25) is 0 Å². The van der Waals surface area contributed by atoms with Crippen molar-refractivity contribution in [2.45, 2.75) is 6.42 Å². The lowest BCUT2D eigenvalue weighted by Gasteiger charge is -2.16. The van der Waals surface area contributed by atoms with Gasteiger partial charge in [0.1, 0.15) is 17.4 Å². The second-order valence-electron chi connectivity index (χ2n) is 4.07. The predicted octanol–water partition coefficient (Wildman–Crippen LogP) is 1.57. The van der Waals surface area contributed by atoms with Crippen LogP contribution in [0.25, 0.3) is 0 Å². The zero-order valence-corrected chi connectivity index (χ0v) is 9.76. The molecule has 0 saturated carbocycles. The second kappa shape index (κ2) is 4.98. The Kier molecular flexibility index (Phi) is 3.40. The smallest absolute Gasteiger partial charge is 0.143 e. The lowest BCUT2D eigenvalue weighted by Crippen LogP contribution is -2.26.